The van der Waals surface area contributed by atoms with Crippen molar-refractivity contribution >= 4 is 5.52 Å². The minimum absolute atomic E-state index is 0.247. The molecule has 0 atom stereocenters. The first-order valence-electron chi connectivity index (χ1n) is 9.08. The van der Waals surface area contributed by atoms with Crippen LogP contribution in [0.1, 0.15) is 5.69 Å². The summed E-state index contributed by atoms with van der Waals surface area (Å²) in [4.78, 5) is 28.9. The predicted octanol–water partition coefficient (Wildman–Crippen LogP) is 2.86. The molecule has 0 aliphatic rings. The van der Waals surface area contributed by atoms with E-state index < -0.39 is 0 Å². The standard InChI is InChI=1S/C21H17N7O/c1-13-5-6-14(11-24-13)16-12-28-18(17(16)15-4-3-7-22-10-15)21(29)25-19(26-28)20-23-8-9-27(20)2/h3-12H,1-2H3,(H,25,26,29). The molecule has 0 radical (unpaired) electrons. The van der Waals surface area contributed by atoms with Gasteiger partial charge in [0.05, 0.1) is 0 Å². The topological polar surface area (TPSA) is 93.8 Å². The predicted molar refractivity (Wildman–Crippen MR) is 109 cm³/mol. The lowest BCUT2D eigenvalue weighted by Gasteiger charge is -2.05. The largest absolute Gasteiger partial charge is 0.331 e. The highest BCUT2D eigenvalue weighted by atomic mass is 16.1. The molecule has 0 aliphatic heterocycles. The molecule has 0 saturated carbocycles. The van der Waals surface area contributed by atoms with Gasteiger partial charge in [0.25, 0.3) is 5.56 Å². The Kier molecular flexibility index (Phi) is 3.83. The Hall–Kier alpha value is -4.07. The molecule has 1 N–H and O–H groups in total. The summed E-state index contributed by atoms with van der Waals surface area (Å²) in [5.41, 5.74) is 4.49. The zero-order chi connectivity index (χ0) is 20.0. The fourth-order valence-corrected chi connectivity index (χ4v) is 3.43. The maximum atomic E-state index is 13.1. The summed E-state index contributed by atoms with van der Waals surface area (Å²) in [5, 5.41) is 4.63. The van der Waals surface area contributed by atoms with Crippen molar-refractivity contribution in [1.29, 1.82) is 0 Å². The Morgan fingerprint density at radius 1 is 1.03 bits per heavy atom. The van der Waals surface area contributed by atoms with Gasteiger partial charge in [0, 0.05) is 72.2 Å². The Labute approximate surface area is 165 Å². The quantitative estimate of drug-likeness (QED) is 0.517. The first-order valence-corrected chi connectivity index (χ1v) is 9.08. The van der Waals surface area contributed by atoms with Gasteiger partial charge in [-0.15, -0.1) is 5.10 Å². The van der Waals surface area contributed by atoms with E-state index in [0.29, 0.717) is 17.2 Å². The van der Waals surface area contributed by atoms with Crippen molar-refractivity contribution in [3.63, 3.8) is 0 Å². The highest BCUT2D eigenvalue weighted by Crippen LogP contribution is 2.35. The molecule has 0 amide bonds. The second-order valence-corrected chi connectivity index (χ2v) is 6.81. The summed E-state index contributed by atoms with van der Waals surface area (Å²) in [6, 6.07) is 7.71. The lowest BCUT2D eigenvalue weighted by atomic mass is 10.00. The maximum absolute atomic E-state index is 13.1. The van der Waals surface area contributed by atoms with Crippen molar-refractivity contribution < 1.29 is 0 Å². The first kappa shape index (κ1) is 17.1. The van der Waals surface area contributed by atoms with Crippen LogP contribution in [0.4, 0.5) is 0 Å². The Morgan fingerprint density at radius 3 is 2.62 bits per heavy atom. The van der Waals surface area contributed by atoms with Crippen LogP contribution >= 0.6 is 0 Å². The van der Waals surface area contributed by atoms with E-state index in [9.17, 15) is 4.79 Å². The molecule has 0 spiro atoms. The molecule has 5 aromatic rings. The van der Waals surface area contributed by atoms with Gasteiger partial charge >= 0.3 is 0 Å². The number of imidazole rings is 1. The summed E-state index contributed by atoms with van der Waals surface area (Å²) in [5.74, 6) is 0.982. The smallest absolute Gasteiger partial charge is 0.276 e. The molecule has 5 heterocycles. The highest BCUT2D eigenvalue weighted by molar-refractivity contribution is 5.93. The molecule has 8 nitrogen and oxygen atoms in total. The van der Waals surface area contributed by atoms with Gasteiger partial charge in [-0.2, -0.15) is 0 Å². The van der Waals surface area contributed by atoms with Gasteiger partial charge in [-0.05, 0) is 19.1 Å². The van der Waals surface area contributed by atoms with Crippen LogP contribution in [0.5, 0.6) is 0 Å². The van der Waals surface area contributed by atoms with Crippen molar-refractivity contribution in [1.82, 2.24) is 34.1 Å². The summed E-state index contributed by atoms with van der Waals surface area (Å²) >= 11 is 0. The van der Waals surface area contributed by atoms with Crippen LogP contribution in [0.25, 0.3) is 39.4 Å². The van der Waals surface area contributed by atoms with E-state index in [-0.39, 0.29) is 5.56 Å². The number of aryl methyl sites for hydroxylation is 2. The van der Waals surface area contributed by atoms with E-state index >= 15 is 0 Å². The third kappa shape index (κ3) is 2.82. The maximum Gasteiger partial charge on any atom is 0.276 e. The normalized spacial score (nSPS) is 11.2. The average molecular weight is 383 g/mol. The van der Waals surface area contributed by atoms with Crippen molar-refractivity contribution in [2.75, 3.05) is 0 Å². The van der Waals surface area contributed by atoms with Crippen molar-refractivity contribution in [3.8, 4) is 33.9 Å². The van der Waals surface area contributed by atoms with E-state index in [1.165, 1.54) is 0 Å². The van der Waals surface area contributed by atoms with E-state index in [4.69, 9.17) is 0 Å². The minimum atomic E-state index is -0.247. The first-order chi connectivity index (χ1) is 14.1. The number of fused-ring (bicyclic) bond motifs is 1. The van der Waals surface area contributed by atoms with Crippen molar-refractivity contribution in [2.45, 2.75) is 6.92 Å². The van der Waals surface area contributed by atoms with Crippen LogP contribution in [-0.4, -0.2) is 34.1 Å². The molecule has 0 unspecified atom stereocenters. The highest BCUT2D eigenvalue weighted by Gasteiger charge is 2.20. The minimum Gasteiger partial charge on any atom is -0.331 e. The Bertz CT molecular complexity index is 1380. The number of H-pyrrole nitrogens is 1. The van der Waals surface area contributed by atoms with E-state index in [1.54, 1.807) is 40.1 Å². The van der Waals surface area contributed by atoms with Gasteiger partial charge in [0.1, 0.15) is 5.52 Å². The molecule has 5 aromatic heterocycles. The molecule has 0 fully saturated rings. The number of pyridine rings is 2. The molecule has 0 aromatic carbocycles. The van der Waals surface area contributed by atoms with E-state index in [1.807, 2.05) is 44.4 Å². The van der Waals surface area contributed by atoms with E-state index in [2.05, 4.69) is 25.0 Å². The molecule has 0 saturated heterocycles. The zero-order valence-electron chi connectivity index (χ0n) is 15.9. The summed E-state index contributed by atoms with van der Waals surface area (Å²) in [7, 11) is 1.85. The van der Waals surface area contributed by atoms with Crippen LogP contribution in [-0.2, 0) is 7.05 Å². The average Bonchev–Trinajstić information content (AvgIpc) is 3.33. The summed E-state index contributed by atoms with van der Waals surface area (Å²) in [6.07, 6.45) is 10.6. The number of aromatic nitrogens is 7. The van der Waals surface area contributed by atoms with Gasteiger partial charge in [0.15, 0.2) is 11.6 Å². The number of nitrogens with zero attached hydrogens (tertiary/aromatic N) is 6. The molecular weight excluding hydrogens is 366 g/mol. The van der Waals surface area contributed by atoms with Crippen LogP contribution in [0.3, 0.4) is 0 Å². The fourth-order valence-electron chi connectivity index (χ4n) is 3.43. The van der Waals surface area contributed by atoms with Gasteiger partial charge < -0.3 is 9.55 Å². The molecule has 8 heteroatoms. The lowest BCUT2D eigenvalue weighted by Crippen LogP contribution is -2.15. The zero-order valence-corrected chi connectivity index (χ0v) is 15.9. The Morgan fingerprint density at radius 2 is 1.93 bits per heavy atom. The molecule has 0 aliphatic carbocycles. The monoisotopic (exact) mass is 383 g/mol. The van der Waals surface area contributed by atoms with Gasteiger partial charge in [-0.3, -0.25) is 14.8 Å². The van der Waals surface area contributed by atoms with Gasteiger partial charge in [0.2, 0.25) is 0 Å². The lowest BCUT2D eigenvalue weighted by molar-refractivity contribution is 0.851. The summed E-state index contributed by atoms with van der Waals surface area (Å²) in [6.45, 7) is 1.94. The van der Waals surface area contributed by atoms with Gasteiger partial charge in [-0.25, -0.2) is 9.50 Å². The Balaban J connectivity index is 1.84. The second kappa shape index (κ2) is 6.52. The summed E-state index contributed by atoms with van der Waals surface area (Å²) < 4.78 is 3.42. The SMILES string of the molecule is Cc1ccc(-c2cn3nc(-c4nccn4C)[nH]c(=O)c3c2-c2cccnc2)cn1. The molecule has 0 bridgehead atoms. The number of hydrogen-bond acceptors (Lipinski definition) is 5. The number of nitrogens with one attached hydrogen (secondary N) is 1. The molecule has 29 heavy (non-hydrogen) atoms. The third-order valence-corrected chi connectivity index (χ3v) is 4.85. The van der Waals surface area contributed by atoms with Crippen molar-refractivity contribution in [2.24, 2.45) is 7.05 Å². The molecule has 5 rings (SSSR count). The number of hydrogen-bond donors (Lipinski definition) is 1. The number of aromatic amines is 1. The van der Waals surface area contributed by atoms with Gasteiger partial charge in [-0.1, -0.05) is 12.1 Å². The van der Waals surface area contributed by atoms with Crippen LogP contribution in [0.2, 0.25) is 0 Å². The van der Waals surface area contributed by atoms with E-state index in [0.717, 1.165) is 27.9 Å². The fraction of sp³-hybridized carbons (Fsp3) is 0.0952. The van der Waals surface area contributed by atoms with Crippen LogP contribution < -0.4 is 5.56 Å². The van der Waals surface area contributed by atoms with Crippen LogP contribution in [0.15, 0.2) is 66.2 Å². The molecule has 142 valence electrons. The van der Waals surface area contributed by atoms with Crippen LogP contribution in [0, 0.1) is 6.92 Å². The molecular formula is C21H17N7O. The third-order valence-electron chi connectivity index (χ3n) is 4.85. The number of rotatable bonds is 3. The van der Waals surface area contributed by atoms with Crippen molar-refractivity contribution in [3.05, 3.63) is 77.5 Å². The second-order valence-electron chi connectivity index (χ2n) is 6.81.